The van der Waals surface area contributed by atoms with Gasteiger partial charge in [-0.1, -0.05) is 6.07 Å². The number of nitrogens with one attached hydrogen (secondary N) is 2. The number of hydrogen-bond acceptors (Lipinski definition) is 5. The predicted octanol–water partition coefficient (Wildman–Crippen LogP) is 1.96. The Labute approximate surface area is 136 Å². The molecule has 0 saturated carbocycles. The highest BCUT2D eigenvalue weighted by Gasteiger charge is 2.23. The van der Waals surface area contributed by atoms with E-state index >= 15 is 0 Å². The lowest BCUT2D eigenvalue weighted by atomic mass is 10.1. The van der Waals surface area contributed by atoms with Gasteiger partial charge >= 0.3 is 6.09 Å². The fourth-order valence-electron chi connectivity index (χ4n) is 2.67. The van der Waals surface area contributed by atoms with E-state index in [1.807, 2.05) is 39.0 Å². The Morgan fingerprint density at radius 3 is 2.83 bits per heavy atom. The van der Waals surface area contributed by atoms with E-state index in [0.717, 1.165) is 12.8 Å². The summed E-state index contributed by atoms with van der Waals surface area (Å²) in [7, 11) is 0. The summed E-state index contributed by atoms with van der Waals surface area (Å²) in [4.78, 5) is 11.8. The van der Waals surface area contributed by atoms with E-state index in [2.05, 4.69) is 10.6 Å². The molecule has 1 aromatic carbocycles. The summed E-state index contributed by atoms with van der Waals surface area (Å²) in [6.45, 7) is 5.59. The van der Waals surface area contributed by atoms with E-state index in [1.165, 1.54) is 11.1 Å². The molecule has 2 unspecified atom stereocenters. The van der Waals surface area contributed by atoms with Gasteiger partial charge in [0.05, 0.1) is 12.7 Å². The molecular weight excluding hydrogens is 296 g/mol. The van der Waals surface area contributed by atoms with Crippen LogP contribution in [0.3, 0.4) is 0 Å². The van der Waals surface area contributed by atoms with Gasteiger partial charge in [0, 0.05) is 18.3 Å². The van der Waals surface area contributed by atoms with Crippen molar-refractivity contribution in [2.75, 3.05) is 18.5 Å². The normalized spacial score (nSPS) is 18.4. The molecule has 0 aromatic heterocycles. The molecule has 2 atom stereocenters. The highest BCUT2D eigenvalue weighted by Crippen LogP contribution is 2.33. The highest BCUT2D eigenvalue weighted by atomic mass is 16.6. The maximum atomic E-state index is 11.8. The Balaban J connectivity index is 1.97. The average molecular weight is 322 g/mol. The van der Waals surface area contributed by atoms with Crippen molar-refractivity contribution in [3.63, 3.8) is 0 Å². The van der Waals surface area contributed by atoms with Crippen LogP contribution in [0, 0.1) is 0 Å². The van der Waals surface area contributed by atoms with Crippen LogP contribution in [0.2, 0.25) is 0 Å². The Morgan fingerprint density at radius 2 is 2.17 bits per heavy atom. The Morgan fingerprint density at radius 1 is 1.43 bits per heavy atom. The first-order valence-electron chi connectivity index (χ1n) is 7.93. The number of aliphatic hydroxyl groups is 2. The average Bonchev–Trinajstić information content (AvgIpc) is 2.85. The van der Waals surface area contributed by atoms with Crippen LogP contribution < -0.4 is 10.6 Å². The fourth-order valence-corrected chi connectivity index (χ4v) is 2.67. The van der Waals surface area contributed by atoms with Crippen LogP contribution in [0.15, 0.2) is 18.2 Å². The van der Waals surface area contributed by atoms with Crippen LogP contribution in [0.25, 0.3) is 0 Å². The van der Waals surface area contributed by atoms with E-state index in [1.54, 1.807) is 0 Å². The maximum absolute atomic E-state index is 11.8. The van der Waals surface area contributed by atoms with Crippen molar-refractivity contribution in [1.29, 1.82) is 0 Å². The smallest absolute Gasteiger partial charge is 0.412 e. The summed E-state index contributed by atoms with van der Waals surface area (Å²) in [6.07, 6.45) is 0.637. The minimum Gasteiger partial charge on any atom is -0.444 e. The summed E-state index contributed by atoms with van der Waals surface area (Å²) in [6, 6.07) is 5.97. The monoisotopic (exact) mass is 322 g/mol. The summed E-state index contributed by atoms with van der Waals surface area (Å²) in [5.74, 6) is 0. The Hall–Kier alpha value is -1.63. The topological polar surface area (TPSA) is 90.8 Å². The standard InChI is InChI=1S/C17H26N2O4/c1-17(2,3)23-16(22)19-12-5-6-14-11(8-12)4-7-15(14)18-9-13(21)10-20/h5-6,8,13,15,18,20-21H,4,7,9-10H2,1-3H3,(H,19,22). The summed E-state index contributed by atoms with van der Waals surface area (Å²) in [5.41, 5.74) is 2.54. The number of carbonyl (C=O) groups excluding carboxylic acids is 1. The van der Waals surface area contributed by atoms with E-state index in [9.17, 15) is 9.90 Å². The molecule has 1 aliphatic rings. The van der Waals surface area contributed by atoms with Crippen molar-refractivity contribution in [3.8, 4) is 0 Å². The van der Waals surface area contributed by atoms with Crippen molar-refractivity contribution in [1.82, 2.24) is 5.32 Å². The Kier molecular flexibility index (Phi) is 5.62. The first kappa shape index (κ1) is 17.7. The van der Waals surface area contributed by atoms with E-state index in [-0.39, 0.29) is 12.6 Å². The van der Waals surface area contributed by atoms with Gasteiger partial charge in [0.25, 0.3) is 0 Å². The first-order chi connectivity index (χ1) is 10.8. The van der Waals surface area contributed by atoms with Gasteiger partial charge in [-0.05, 0) is 56.9 Å². The van der Waals surface area contributed by atoms with Crippen LogP contribution in [0.1, 0.15) is 44.4 Å². The minimum absolute atomic E-state index is 0.168. The summed E-state index contributed by atoms with van der Waals surface area (Å²) in [5, 5.41) is 24.3. The minimum atomic E-state index is -0.743. The van der Waals surface area contributed by atoms with E-state index < -0.39 is 17.8 Å². The second kappa shape index (κ2) is 7.29. The number of carbonyl (C=O) groups is 1. The largest absolute Gasteiger partial charge is 0.444 e. The second-order valence-corrected chi connectivity index (χ2v) is 6.88. The van der Waals surface area contributed by atoms with Crippen molar-refractivity contribution in [3.05, 3.63) is 29.3 Å². The summed E-state index contributed by atoms with van der Waals surface area (Å²) >= 11 is 0. The van der Waals surface area contributed by atoms with Crippen molar-refractivity contribution in [2.24, 2.45) is 0 Å². The zero-order valence-electron chi connectivity index (χ0n) is 13.9. The van der Waals surface area contributed by atoms with Crippen molar-refractivity contribution < 1.29 is 19.7 Å². The molecule has 2 rings (SSSR count). The number of fused-ring (bicyclic) bond motifs is 1. The predicted molar refractivity (Wildman–Crippen MR) is 88.5 cm³/mol. The molecule has 128 valence electrons. The van der Waals surface area contributed by atoms with Crippen LogP contribution in [0.4, 0.5) is 10.5 Å². The number of aryl methyl sites for hydroxylation is 1. The number of rotatable bonds is 5. The lowest BCUT2D eigenvalue weighted by Gasteiger charge is -2.20. The third-order valence-corrected chi connectivity index (χ3v) is 3.68. The third kappa shape index (κ3) is 5.20. The molecule has 1 aliphatic carbocycles. The zero-order chi connectivity index (χ0) is 17.0. The zero-order valence-corrected chi connectivity index (χ0v) is 13.9. The SMILES string of the molecule is CC(C)(C)OC(=O)Nc1ccc2c(c1)CCC2NCC(O)CO. The van der Waals surface area contributed by atoms with Crippen molar-refractivity contribution >= 4 is 11.8 Å². The molecular formula is C17H26N2O4. The van der Waals surface area contributed by atoms with Crippen LogP contribution in [-0.4, -0.2) is 41.2 Å². The molecule has 0 fully saturated rings. The molecule has 4 N–H and O–H groups in total. The quantitative estimate of drug-likeness (QED) is 0.665. The van der Waals surface area contributed by atoms with Gasteiger partial charge in [-0.2, -0.15) is 0 Å². The van der Waals surface area contributed by atoms with Crippen LogP contribution in [-0.2, 0) is 11.2 Å². The lowest BCUT2D eigenvalue weighted by Crippen LogP contribution is -2.31. The molecule has 0 bridgehead atoms. The molecule has 0 saturated heterocycles. The van der Waals surface area contributed by atoms with Gasteiger partial charge in [-0.3, -0.25) is 5.32 Å². The molecule has 1 aromatic rings. The molecule has 0 aliphatic heterocycles. The Bertz CT molecular complexity index is 554. The molecule has 1 amide bonds. The summed E-state index contributed by atoms with van der Waals surface area (Å²) < 4.78 is 5.25. The highest BCUT2D eigenvalue weighted by molar-refractivity contribution is 5.85. The van der Waals surface area contributed by atoms with Gasteiger partial charge in [0.2, 0.25) is 0 Å². The number of anilines is 1. The number of amides is 1. The van der Waals surface area contributed by atoms with E-state index in [4.69, 9.17) is 9.84 Å². The van der Waals surface area contributed by atoms with Gasteiger partial charge in [-0.25, -0.2) is 4.79 Å². The van der Waals surface area contributed by atoms with Gasteiger partial charge < -0.3 is 20.3 Å². The number of hydrogen-bond donors (Lipinski definition) is 4. The van der Waals surface area contributed by atoms with Gasteiger partial charge in [-0.15, -0.1) is 0 Å². The third-order valence-electron chi connectivity index (χ3n) is 3.68. The van der Waals surface area contributed by atoms with Gasteiger partial charge in [0.1, 0.15) is 5.60 Å². The fraction of sp³-hybridized carbons (Fsp3) is 0.588. The molecule has 0 radical (unpaired) electrons. The molecule has 6 heteroatoms. The first-order valence-corrected chi connectivity index (χ1v) is 7.93. The van der Waals surface area contributed by atoms with Crippen molar-refractivity contribution in [2.45, 2.75) is 51.4 Å². The number of benzene rings is 1. The molecule has 0 spiro atoms. The molecule has 0 heterocycles. The lowest BCUT2D eigenvalue weighted by molar-refractivity contribution is 0.0636. The van der Waals surface area contributed by atoms with Gasteiger partial charge in [0.15, 0.2) is 0 Å². The van der Waals surface area contributed by atoms with Crippen LogP contribution in [0.5, 0.6) is 0 Å². The van der Waals surface area contributed by atoms with E-state index in [0.29, 0.717) is 12.2 Å². The second-order valence-electron chi connectivity index (χ2n) is 6.88. The number of aliphatic hydroxyl groups excluding tert-OH is 2. The van der Waals surface area contributed by atoms with Crippen LogP contribution >= 0.6 is 0 Å². The maximum Gasteiger partial charge on any atom is 0.412 e. The molecule has 6 nitrogen and oxygen atoms in total. The number of ether oxygens (including phenoxy) is 1. The molecule has 23 heavy (non-hydrogen) atoms.